The average Bonchev–Trinajstić information content (AvgIpc) is 2.90. The van der Waals surface area contributed by atoms with Crippen LogP contribution in [0.2, 0.25) is 0 Å². The Morgan fingerprint density at radius 3 is 2.90 bits per heavy atom. The first kappa shape index (κ1) is 15.4. The number of cyclic esters (lactones) is 1. The Hall–Kier alpha value is -1.95. The number of carbonyl (C=O) groups excluding carboxylic acids is 1. The van der Waals surface area contributed by atoms with Crippen molar-refractivity contribution in [1.29, 1.82) is 0 Å². The van der Waals surface area contributed by atoms with Crippen LogP contribution in [0.25, 0.3) is 0 Å². The molecule has 2 rings (SSSR count). The fourth-order valence-corrected chi connectivity index (χ4v) is 2.09. The fourth-order valence-electron chi connectivity index (χ4n) is 2.09. The molecule has 0 aliphatic carbocycles. The van der Waals surface area contributed by atoms with E-state index >= 15 is 0 Å². The molecule has 0 bridgehead atoms. The number of rotatable bonds is 8. The van der Waals surface area contributed by atoms with Crippen LogP contribution in [0.1, 0.15) is 19.4 Å². The number of hydrogen-bond donors (Lipinski definition) is 2. The van der Waals surface area contributed by atoms with Crippen molar-refractivity contribution in [2.45, 2.75) is 26.5 Å². The maximum absolute atomic E-state index is 11.0. The third kappa shape index (κ3) is 4.26. The van der Waals surface area contributed by atoms with Gasteiger partial charge in [0, 0.05) is 12.1 Å². The monoisotopic (exact) mass is 294 g/mol. The maximum Gasteiger partial charge on any atom is 0.407 e. The van der Waals surface area contributed by atoms with E-state index in [1.54, 1.807) is 0 Å². The molecule has 1 aliphatic heterocycles. The highest BCUT2D eigenvalue weighted by Crippen LogP contribution is 2.31. The Kier molecular flexibility index (Phi) is 5.68. The molecule has 1 aromatic carbocycles. The van der Waals surface area contributed by atoms with Gasteiger partial charge in [0.05, 0.1) is 13.2 Å². The number of para-hydroxylation sites is 1. The van der Waals surface area contributed by atoms with Crippen LogP contribution in [-0.4, -0.2) is 38.5 Å². The molecule has 2 N–H and O–H groups in total. The molecule has 1 fully saturated rings. The van der Waals surface area contributed by atoms with Crippen LogP contribution in [0, 0.1) is 0 Å². The van der Waals surface area contributed by atoms with Crippen LogP contribution >= 0.6 is 0 Å². The first-order valence-corrected chi connectivity index (χ1v) is 7.27. The molecule has 1 saturated heterocycles. The minimum absolute atomic E-state index is 0.265. The summed E-state index contributed by atoms with van der Waals surface area (Å²) in [5.41, 5.74) is 1.03. The van der Waals surface area contributed by atoms with Crippen LogP contribution in [0.4, 0.5) is 4.79 Å². The third-order valence-electron chi connectivity index (χ3n) is 3.09. The molecule has 1 unspecified atom stereocenters. The summed E-state index contributed by atoms with van der Waals surface area (Å²) in [5.74, 6) is 1.42. The van der Waals surface area contributed by atoms with Crippen molar-refractivity contribution in [3.63, 3.8) is 0 Å². The maximum atomic E-state index is 11.0. The quantitative estimate of drug-likeness (QED) is 0.763. The number of nitrogens with one attached hydrogen (secondary N) is 2. The van der Waals surface area contributed by atoms with Gasteiger partial charge in [0.1, 0.15) is 6.61 Å². The Morgan fingerprint density at radius 1 is 1.38 bits per heavy atom. The summed E-state index contributed by atoms with van der Waals surface area (Å²) >= 11 is 0. The van der Waals surface area contributed by atoms with Gasteiger partial charge in [-0.25, -0.2) is 4.79 Å². The zero-order chi connectivity index (χ0) is 15.1. The molecule has 116 valence electrons. The molecule has 0 spiro atoms. The predicted molar refractivity (Wildman–Crippen MR) is 78.8 cm³/mol. The Balaban J connectivity index is 2.07. The van der Waals surface area contributed by atoms with Crippen molar-refractivity contribution in [3.05, 3.63) is 23.8 Å². The van der Waals surface area contributed by atoms with Gasteiger partial charge in [-0.2, -0.15) is 0 Å². The normalized spacial score (nSPS) is 17.2. The van der Waals surface area contributed by atoms with Crippen molar-refractivity contribution in [3.8, 4) is 11.5 Å². The smallest absolute Gasteiger partial charge is 0.407 e. The molecule has 1 aliphatic rings. The standard InChI is InChI=1S/C15H22N2O4/c1-3-16-8-11-6-5-7-13(19-4-2)14(11)20-10-12-9-17-15(18)21-12/h5-7,12,16H,3-4,8-10H2,1-2H3,(H,17,18). The molecule has 1 heterocycles. The number of ether oxygens (including phenoxy) is 3. The molecule has 0 aromatic heterocycles. The molecule has 1 atom stereocenters. The van der Waals surface area contributed by atoms with Gasteiger partial charge >= 0.3 is 6.09 Å². The minimum Gasteiger partial charge on any atom is -0.490 e. The van der Waals surface area contributed by atoms with Crippen molar-refractivity contribution >= 4 is 6.09 Å². The second-order valence-electron chi connectivity index (χ2n) is 4.68. The van der Waals surface area contributed by atoms with Crippen molar-refractivity contribution in [2.24, 2.45) is 0 Å². The SMILES string of the molecule is CCNCc1cccc(OCC)c1OCC1CNC(=O)O1. The first-order valence-electron chi connectivity index (χ1n) is 7.27. The first-order chi connectivity index (χ1) is 10.2. The number of benzene rings is 1. The van der Waals surface area contributed by atoms with E-state index in [0.717, 1.165) is 12.1 Å². The van der Waals surface area contributed by atoms with Gasteiger partial charge in [-0.05, 0) is 19.5 Å². The van der Waals surface area contributed by atoms with Gasteiger partial charge in [0.15, 0.2) is 17.6 Å². The lowest BCUT2D eigenvalue weighted by molar-refractivity contribution is 0.103. The lowest BCUT2D eigenvalue weighted by atomic mass is 10.2. The van der Waals surface area contributed by atoms with Gasteiger partial charge < -0.3 is 24.8 Å². The summed E-state index contributed by atoms with van der Waals surface area (Å²) in [6.45, 7) is 6.92. The lowest BCUT2D eigenvalue weighted by Gasteiger charge is -2.17. The third-order valence-corrected chi connectivity index (χ3v) is 3.09. The van der Waals surface area contributed by atoms with Gasteiger partial charge in [0.25, 0.3) is 0 Å². The van der Waals surface area contributed by atoms with Crippen molar-refractivity contribution in [2.75, 3.05) is 26.3 Å². The van der Waals surface area contributed by atoms with Gasteiger partial charge in [-0.1, -0.05) is 19.1 Å². The van der Waals surface area contributed by atoms with Crippen LogP contribution in [0.5, 0.6) is 11.5 Å². The largest absolute Gasteiger partial charge is 0.490 e. The molecule has 1 amide bonds. The predicted octanol–water partition coefficient (Wildman–Crippen LogP) is 1.68. The Labute approximate surface area is 124 Å². The van der Waals surface area contributed by atoms with Crippen LogP contribution in [0.15, 0.2) is 18.2 Å². The molecule has 6 heteroatoms. The summed E-state index contributed by atoms with van der Waals surface area (Å²) in [5, 5.41) is 5.89. The van der Waals surface area contributed by atoms with E-state index in [2.05, 4.69) is 17.6 Å². The van der Waals surface area contributed by atoms with Crippen LogP contribution in [0.3, 0.4) is 0 Å². The summed E-state index contributed by atoms with van der Waals surface area (Å²) in [6, 6.07) is 5.83. The Bertz CT molecular complexity index is 479. The zero-order valence-corrected chi connectivity index (χ0v) is 12.5. The van der Waals surface area contributed by atoms with E-state index < -0.39 is 6.09 Å². The molecule has 6 nitrogen and oxygen atoms in total. The highest BCUT2D eigenvalue weighted by atomic mass is 16.6. The topological polar surface area (TPSA) is 68.8 Å². The fraction of sp³-hybridized carbons (Fsp3) is 0.533. The van der Waals surface area contributed by atoms with E-state index in [-0.39, 0.29) is 6.10 Å². The van der Waals surface area contributed by atoms with E-state index in [1.807, 2.05) is 25.1 Å². The molecule has 0 saturated carbocycles. The van der Waals surface area contributed by atoms with Gasteiger partial charge in [-0.15, -0.1) is 0 Å². The second-order valence-corrected chi connectivity index (χ2v) is 4.68. The van der Waals surface area contributed by atoms with Gasteiger partial charge in [0.2, 0.25) is 0 Å². The molecule has 0 radical (unpaired) electrons. The van der Waals surface area contributed by atoms with Crippen LogP contribution < -0.4 is 20.1 Å². The number of alkyl carbamates (subject to hydrolysis) is 1. The highest BCUT2D eigenvalue weighted by Gasteiger charge is 2.24. The molecular formula is C15H22N2O4. The van der Waals surface area contributed by atoms with E-state index in [9.17, 15) is 4.79 Å². The lowest BCUT2D eigenvalue weighted by Crippen LogP contribution is -2.23. The van der Waals surface area contributed by atoms with E-state index in [1.165, 1.54) is 0 Å². The summed E-state index contributed by atoms with van der Waals surface area (Å²) in [6.07, 6.45) is -0.659. The van der Waals surface area contributed by atoms with E-state index in [0.29, 0.717) is 37.8 Å². The van der Waals surface area contributed by atoms with E-state index in [4.69, 9.17) is 14.2 Å². The second kappa shape index (κ2) is 7.73. The number of amides is 1. The minimum atomic E-state index is -0.394. The molecule has 1 aromatic rings. The summed E-state index contributed by atoms with van der Waals surface area (Å²) in [7, 11) is 0. The summed E-state index contributed by atoms with van der Waals surface area (Å²) < 4.78 is 16.6. The molecular weight excluding hydrogens is 272 g/mol. The highest BCUT2D eigenvalue weighted by molar-refractivity contribution is 5.69. The molecule has 21 heavy (non-hydrogen) atoms. The zero-order valence-electron chi connectivity index (χ0n) is 12.5. The average molecular weight is 294 g/mol. The van der Waals surface area contributed by atoms with Crippen molar-refractivity contribution < 1.29 is 19.0 Å². The van der Waals surface area contributed by atoms with Crippen LogP contribution in [-0.2, 0) is 11.3 Å². The van der Waals surface area contributed by atoms with Gasteiger partial charge in [-0.3, -0.25) is 0 Å². The van der Waals surface area contributed by atoms with Crippen molar-refractivity contribution in [1.82, 2.24) is 10.6 Å². The summed E-state index contributed by atoms with van der Waals surface area (Å²) in [4.78, 5) is 11.0. The number of carbonyl (C=O) groups is 1. The Morgan fingerprint density at radius 2 is 2.24 bits per heavy atom. The number of hydrogen-bond acceptors (Lipinski definition) is 5.